The molecule has 0 unspecified atom stereocenters. The summed E-state index contributed by atoms with van der Waals surface area (Å²) in [5, 5.41) is 0.478. The summed E-state index contributed by atoms with van der Waals surface area (Å²) in [7, 11) is 1.54. The number of hydrogen-bond acceptors (Lipinski definition) is 5. The minimum absolute atomic E-state index is 0.283. The van der Waals surface area contributed by atoms with Gasteiger partial charge in [-0.1, -0.05) is 11.8 Å². The normalized spacial score (nSPS) is 10.7. The number of nitrogens with two attached hydrogens (primary N) is 1. The zero-order valence-corrected chi connectivity index (χ0v) is 9.26. The summed E-state index contributed by atoms with van der Waals surface area (Å²) >= 11 is 1.32. The molecule has 0 radical (unpaired) electrons. The quantitative estimate of drug-likeness (QED) is 0.631. The van der Waals surface area contributed by atoms with Crippen molar-refractivity contribution in [2.45, 2.75) is 11.6 Å². The van der Waals surface area contributed by atoms with Crippen molar-refractivity contribution in [1.82, 2.24) is 9.97 Å². The highest BCUT2D eigenvalue weighted by molar-refractivity contribution is 7.98. The monoisotopic (exact) mass is 234 g/mol. The van der Waals surface area contributed by atoms with Gasteiger partial charge in [0.25, 0.3) is 6.43 Å². The number of nitrogens with zero attached hydrogens (tertiary/aromatic N) is 3. The number of nitrogen functional groups attached to an aromatic ring is 1. The minimum Gasteiger partial charge on any atom is -0.383 e. The fourth-order valence-electron chi connectivity index (χ4n) is 1.02. The number of aromatic nitrogens is 2. The van der Waals surface area contributed by atoms with Crippen molar-refractivity contribution < 1.29 is 8.78 Å². The highest BCUT2D eigenvalue weighted by atomic mass is 32.2. The van der Waals surface area contributed by atoms with Gasteiger partial charge in [0.1, 0.15) is 11.6 Å². The summed E-state index contributed by atoms with van der Waals surface area (Å²) in [5.74, 6) is 0.692. The van der Waals surface area contributed by atoms with Gasteiger partial charge in [-0.05, 0) is 6.26 Å². The van der Waals surface area contributed by atoms with E-state index in [0.717, 1.165) is 0 Å². The van der Waals surface area contributed by atoms with Crippen molar-refractivity contribution in [2.75, 3.05) is 30.5 Å². The Bertz CT molecular complexity index is 334. The van der Waals surface area contributed by atoms with Gasteiger partial charge in [-0.2, -0.15) is 0 Å². The lowest BCUT2D eigenvalue weighted by Crippen LogP contribution is -2.25. The first-order chi connectivity index (χ1) is 7.02. The standard InChI is InChI=1S/C8H12F2N4S/c1-14(4-5(9)10)7-3-6(11)12-8(13-7)15-2/h3,5H,4H2,1-2H3,(H2,11,12,13). The van der Waals surface area contributed by atoms with Crippen LogP contribution < -0.4 is 10.6 Å². The molecule has 7 heteroatoms. The third-order valence-corrected chi connectivity index (χ3v) is 2.25. The average Bonchev–Trinajstić information content (AvgIpc) is 2.15. The van der Waals surface area contributed by atoms with E-state index in [1.54, 1.807) is 6.26 Å². The number of rotatable bonds is 4. The lowest BCUT2D eigenvalue weighted by atomic mass is 10.4. The topological polar surface area (TPSA) is 55.0 Å². The zero-order chi connectivity index (χ0) is 11.4. The molecule has 0 amide bonds. The molecule has 0 aromatic carbocycles. The maximum absolute atomic E-state index is 12.1. The summed E-state index contributed by atoms with van der Waals surface area (Å²) in [5.41, 5.74) is 5.52. The van der Waals surface area contributed by atoms with Crippen LogP contribution in [0.4, 0.5) is 20.4 Å². The highest BCUT2D eigenvalue weighted by Gasteiger charge is 2.11. The molecule has 0 aliphatic carbocycles. The van der Waals surface area contributed by atoms with E-state index in [4.69, 9.17) is 5.73 Å². The van der Waals surface area contributed by atoms with E-state index in [1.807, 2.05) is 0 Å². The molecule has 1 aromatic rings. The molecule has 1 aromatic heterocycles. The number of anilines is 2. The first kappa shape index (κ1) is 12.0. The van der Waals surface area contributed by atoms with Gasteiger partial charge < -0.3 is 10.6 Å². The van der Waals surface area contributed by atoms with E-state index < -0.39 is 6.43 Å². The molecular weight excluding hydrogens is 222 g/mol. The second kappa shape index (κ2) is 5.11. The second-order valence-corrected chi connectivity index (χ2v) is 3.68. The molecule has 15 heavy (non-hydrogen) atoms. The van der Waals surface area contributed by atoms with Crippen LogP contribution in [-0.4, -0.2) is 36.2 Å². The Balaban J connectivity index is 2.88. The molecule has 0 fully saturated rings. The van der Waals surface area contributed by atoms with Crippen LogP contribution >= 0.6 is 11.8 Å². The zero-order valence-electron chi connectivity index (χ0n) is 8.44. The molecule has 2 N–H and O–H groups in total. The van der Waals surface area contributed by atoms with Crippen molar-refractivity contribution in [3.05, 3.63) is 6.07 Å². The summed E-state index contributed by atoms with van der Waals surface area (Å²) in [4.78, 5) is 9.35. The van der Waals surface area contributed by atoms with Gasteiger partial charge >= 0.3 is 0 Å². The Labute approximate surface area is 90.9 Å². The van der Waals surface area contributed by atoms with E-state index in [1.165, 1.54) is 29.8 Å². The van der Waals surface area contributed by atoms with Gasteiger partial charge in [0, 0.05) is 13.1 Å². The summed E-state index contributed by atoms with van der Waals surface area (Å²) < 4.78 is 24.3. The molecule has 4 nitrogen and oxygen atoms in total. The van der Waals surface area contributed by atoms with E-state index >= 15 is 0 Å². The number of alkyl halides is 2. The predicted molar refractivity (Wildman–Crippen MR) is 57.5 cm³/mol. The van der Waals surface area contributed by atoms with Crippen molar-refractivity contribution >= 4 is 23.4 Å². The predicted octanol–water partition coefficient (Wildman–Crippen LogP) is 1.48. The van der Waals surface area contributed by atoms with Crippen LogP contribution in [0.5, 0.6) is 0 Å². The molecule has 0 bridgehead atoms. The van der Waals surface area contributed by atoms with Crippen molar-refractivity contribution in [3.8, 4) is 0 Å². The number of thioether (sulfide) groups is 1. The maximum Gasteiger partial charge on any atom is 0.255 e. The van der Waals surface area contributed by atoms with Crippen LogP contribution in [0.15, 0.2) is 11.2 Å². The van der Waals surface area contributed by atoms with Crippen LogP contribution in [0.25, 0.3) is 0 Å². The summed E-state index contributed by atoms with van der Waals surface area (Å²) in [6.07, 6.45) is -0.602. The molecule has 1 heterocycles. The average molecular weight is 234 g/mol. The van der Waals surface area contributed by atoms with Crippen LogP contribution in [0.3, 0.4) is 0 Å². The van der Waals surface area contributed by atoms with E-state index in [-0.39, 0.29) is 12.4 Å². The SMILES string of the molecule is CSc1nc(N)cc(N(C)CC(F)F)n1. The van der Waals surface area contributed by atoms with Crippen molar-refractivity contribution in [2.24, 2.45) is 0 Å². The number of hydrogen-bond donors (Lipinski definition) is 1. The van der Waals surface area contributed by atoms with Gasteiger partial charge in [0.05, 0.1) is 6.54 Å². The van der Waals surface area contributed by atoms with Crippen LogP contribution in [0.2, 0.25) is 0 Å². The van der Waals surface area contributed by atoms with Gasteiger partial charge in [-0.15, -0.1) is 0 Å². The first-order valence-corrected chi connectivity index (χ1v) is 5.43. The lowest BCUT2D eigenvalue weighted by molar-refractivity contribution is 0.156. The van der Waals surface area contributed by atoms with E-state index in [0.29, 0.717) is 11.0 Å². The molecular formula is C8H12F2N4S. The molecule has 0 aliphatic heterocycles. The van der Waals surface area contributed by atoms with Crippen LogP contribution in [0.1, 0.15) is 0 Å². The largest absolute Gasteiger partial charge is 0.383 e. The summed E-state index contributed by atoms with van der Waals surface area (Å²) in [6.45, 7) is -0.371. The third kappa shape index (κ3) is 3.50. The second-order valence-electron chi connectivity index (χ2n) is 2.91. The lowest BCUT2D eigenvalue weighted by Gasteiger charge is -2.17. The molecule has 0 spiro atoms. The smallest absolute Gasteiger partial charge is 0.255 e. The Kier molecular flexibility index (Phi) is 4.07. The highest BCUT2D eigenvalue weighted by Crippen LogP contribution is 2.18. The summed E-state index contributed by atoms with van der Waals surface area (Å²) in [6, 6.07) is 1.47. The molecule has 0 aliphatic rings. The molecule has 1 rings (SSSR count). The van der Waals surface area contributed by atoms with Crippen molar-refractivity contribution in [3.63, 3.8) is 0 Å². The molecule has 0 saturated carbocycles. The van der Waals surface area contributed by atoms with Crippen LogP contribution in [0, 0.1) is 0 Å². The first-order valence-electron chi connectivity index (χ1n) is 4.20. The Morgan fingerprint density at radius 2 is 2.20 bits per heavy atom. The van der Waals surface area contributed by atoms with E-state index in [2.05, 4.69) is 9.97 Å². The van der Waals surface area contributed by atoms with Gasteiger partial charge in [0.15, 0.2) is 5.16 Å². The Morgan fingerprint density at radius 3 is 2.73 bits per heavy atom. The third-order valence-electron chi connectivity index (χ3n) is 1.70. The molecule has 0 atom stereocenters. The van der Waals surface area contributed by atoms with Crippen molar-refractivity contribution in [1.29, 1.82) is 0 Å². The fourth-order valence-corrected chi connectivity index (χ4v) is 1.40. The van der Waals surface area contributed by atoms with Crippen LogP contribution in [-0.2, 0) is 0 Å². The fraction of sp³-hybridized carbons (Fsp3) is 0.500. The molecule has 84 valence electrons. The minimum atomic E-state index is -2.40. The van der Waals surface area contributed by atoms with Gasteiger partial charge in [-0.3, -0.25) is 0 Å². The van der Waals surface area contributed by atoms with E-state index in [9.17, 15) is 8.78 Å². The molecule has 0 saturated heterocycles. The Morgan fingerprint density at radius 1 is 1.53 bits per heavy atom. The Hall–Kier alpha value is -1.11. The maximum atomic E-state index is 12.1. The number of halogens is 2. The van der Waals surface area contributed by atoms with Gasteiger partial charge in [0.2, 0.25) is 0 Å². The van der Waals surface area contributed by atoms with Gasteiger partial charge in [-0.25, -0.2) is 18.7 Å².